The Hall–Kier alpha value is -2.00. The lowest BCUT2D eigenvalue weighted by atomic mass is 9.75. The number of hydrogen-bond donors (Lipinski definition) is 4. The topological polar surface area (TPSA) is 101 Å². The lowest BCUT2D eigenvalue weighted by Crippen LogP contribution is -2.60. The van der Waals surface area contributed by atoms with Crippen LogP contribution in [0.4, 0.5) is 0 Å². The van der Waals surface area contributed by atoms with Crippen LogP contribution in [0.25, 0.3) is 0 Å². The van der Waals surface area contributed by atoms with E-state index < -0.39 is 6.04 Å². The predicted molar refractivity (Wildman–Crippen MR) is 129 cm³/mol. The summed E-state index contributed by atoms with van der Waals surface area (Å²) in [5.41, 5.74) is 6.46. The molecule has 8 nitrogen and oxygen atoms in total. The van der Waals surface area contributed by atoms with E-state index in [1.807, 2.05) is 6.92 Å². The van der Waals surface area contributed by atoms with Crippen molar-refractivity contribution >= 4 is 11.9 Å². The summed E-state index contributed by atoms with van der Waals surface area (Å²) in [4.78, 5) is 31.5. The average Bonchev–Trinajstić information content (AvgIpc) is 3.50. The van der Waals surface area contributed by atoms with Crippen molar-refractivity contribution in [3.63, 3.8) is 0 Å². The molecule has 2 saturated heterocycles. The number of piperidine rings is 1. The second-order valence-corrected chi connectivity index (χ2v) is 9.86. The summed E-state index contributed by atoms with van der Waals surface area (Å²) < 4.78 is 5.29. The van der Waals surface area contributed by atoms with Crippen molar-refractivity contribution in [3.8, 4) is 0 Å². The maximum Gasteiger partial charge on any atom is 0.323 e. The number of carbonyl (C=O) groups is 2. The van der Waals surface area contributed by atoms with Gasteiger partial charge in [-0.05, 0) is 68.6 Å². The second kappa shape index (κ2) is 10.7. The van der Waals surface area contributed by atoms with Gasteiger partial charge in [-0.3, -0.25) is 25.1 Å². The summed E-state index contributed by atoms with van der Waals surface area (Å²) in [6.07, 6.45) is 5.66. The number of rotatable bonds is 8. The summed E-state index contributed by atoms with van der Waals surface area (Å²) in [5, 5.41) is 10.2. The van der Waals surface area contributed by atoms with Crippen LogP contribution in [0.5, 0.6) is 0 Å². The van der Waals surface area contributed by atoms with Crippen LogP contribution in [-0.4, -0.2) is 36.3 Å². The minimum absolute atomic E-state index is 0.00858. The van der Waals surface area contributed by atoms with Gasteiger partial charge in [-0.25, -0.2) is 0 Å². The average molecular weight is 473 g/mol. The molecule has 1 aromatic carbocycles. The highest BCUT2D eigenvalue weighted by atomic mass is 16.7. The van der Waals surface area contributed by atoms with Crippen molar-refractivity contribution < 1.29 is 19.2 Å². The van der Waals surface area contributed by atoms with Gasteiger partial charge in [0.25, 0.3) is 0 Å². The highest BCUT2D eigenvalue weighted by Crippen LogP contribution is 2.36. The predicted octanol–water partition coefficient (Wildman–Crippen LogP) is 3.14. The molecule has 4 unspecified atom stereocenters. The lowest BCUT2D eigenvalue weighted by molar-refractivity contribution is -0.148. The van der Waals surface area contributed by atoms with Gasteiger partial charge in [0.2, 0.25) is 5.91 Å². The molecule has 1 amide bonds. The first-order valence-electron chi connectivity index (χ1n) is 13.0. The molecule has 3 aliphatic rings. The Bertz CT molecular complexity index is 888. The molecule has 0 radical (unpaired) electrons. The Morgan fingerprint density at radius 3 is 2.68 bits per heavy atom. The number of nitrogens with one attached hydrogen (secondary N) is 4. The van der Waals surface area contributed by atoms with Gasteiger partial charge < -0.3 is 10.1 Å². The lowest BCUT2D eigenvalue weighted by Gasteiger charge is -2.44. The molecule has 1 aromatic rings. The van der Waals surface area contributed by atoms with Gasteiger partial charge >= 0.3 is 5.97 Å². The fourth-order valence-electron chi connectivity index (χ4n) is 5.69. The van der Waals surface area contributed by atoms with E-state index in [-0.39, 0.29) is 41.8 Å². The smallest absolute Gasteiger partial charge is 0.323 e. The maximum absolute atomic E-state index is 13.4. The van der Waals surface area contributed by atoms with E-state index in [1.54, 1.807) is 0 Å². The molecular formula is C26H40N4O4. The zero-order valence-corrected chi connectivity index (χ0v) is 20.9. The molecule has 188 valence electrons. The number of ether oxygens (including phenoxy) is 1. The van der Waals surface area contributed by atoms with E-state index in [4.69, 9.17) is 9.57 Å². The summed E-state index contributed by atoms with van der Waals surface area (Å²) in [5.74, 6) is -0.426. The normalized spacial score (nSPS) is 30.1. The van der Waals surface area contributed by atoms with Gasteiger partial charge in [-0.15, -0.1) is 0 Å². The van der Waals surface area contributed by atoms with Crippen molar-refractivity contribution in [2.75, 3.05) is 6.61 Å². The van der Waals surface area contributed by atoms with E-state index in [9.17, 15) is 9.59 Å². The minimum Gasteiger partial charge on any atom is -0.465 e. The highest BCUT2D eigenvalue weighted by molar-refractivity contribution is 5.82. The van der Waals surface area contributed by atoms with Crippen LogP contribution in [0.3, 0.4) is 0 Å². The second-order valence-electron chi connectivity index (χ2n) is 9.86. The van der Waals surface area contributed by atoms with Gasteiger partial charge in [0.1, 0.15) is 18.4 Å². The van der Waals surface area contributed by atoms with Crippen molar-refractivity contribution in [2.24, 2.45) is 5.92 Å². The standard InChI is InChI=1S/C26H40N4O4/c1-5-22-28-23(30-34-22)17-9-11-19-16(13-17)10-12-20(19)27-24(31)18-14-21(25(32)33-8-4)29-26(6-2,7-3)15-18/h9,11,13,18,20-23,28-30H,5-8,10,12,14-15H2,1-4H3,(H,27,31)/t18?,20-,21?,22?,23?/m1/s1. The van der Waals surface area contributed by atoms with Gasteiger partial charge in [0.05, 0.1) is 12.6 Å². The minimum atomic E-state index is -0.441. The largest absolute Gasteiger partial charge is 0.465 e. The Balaban J connectivity index is 1.44. The Kier molecular flexibility index (Phi) is 7.92. The Morgan fingerprint density at radius 2 is 2.00 bits per heavy atom. The van der Waals surface area contributed by atoms with Crippen LogP contribution in [-0.2, 0) is 25.6 Å². The Labute approximate surface area is 202 Å². The molecule has 0 aromatic heterocycles. The quantitative estimate of drug-likeness (QED) is 0.431. The van der Waals surface area contributed by atoms with Crippen LogP contribution in [0.1, 0.15) is 95.1 Å². The zero-order valence-electron chi connectivity index (χ0n) is 20.9. The third-order valence-corrected chi connectivity index (χ3v) is 7.88. The SMILES string of the molecule is CCOC(=O)C1CC(C(=O)N[C@@H]2CCc3cc(C4NOC(CC)N4)ccc32)CC(CC)(CC)N1. The number of amides is 1. The zero-order chi connectivity index (χ0) is 24.3. The summed E-state index contributed by atoms with van der Waals surface area (Å²) in [7, 11) is 0. The molecule has 34 heavy (non-hydrogen) atoms. The third kappa shape index (κ3) is 5.15. The highest BCUT2D eigenvalue weighted by Gasteiger charge is 2.43. The van der Waals surface area contributed by atoms with Gasteiger partial charge in [-0.1, -0.05) is 39.0 Å². The summed E-state index contributed by atoms with van der Waals surface area (Å²) >= 11 is 0. The molecule has 0 bridgehead atoms. The first-order valence-corrected chi connectivity index (χ1v) is 13.0. The third-order valence-electron chi connectivity index (χ3n) is 7.88. The molecule has 0 spiro atoms. The molecule has 1 aliphatic carbocycles. The number of benzene rings is 1. The molecule has 2 heterocycles. The van der Waals surface area contributed by atoms with Crippen molar-refractivity contribution in [1.29, 1.82) is 0 Å². The Morgan fingerprint density at radius 1 is 1.21 bits per heavy atom. The number of hydrogen-bond acceptors (Lipinski definition) is 7. The molecular weight excluding hydrogens is 432 g/mol. The van der Waals surface area contributed by atoms with E-state index in [1.165, 1.54) is 11.1 Å². The summed E-state index contributed by atoms with van der Waals surface area (Å²) in [6.45, 7) is 8.48. The number of carbonyl (C=O) groups excluding carboxylic acids is 2. The van der Waals surface area contributed by atoms with E-state index in [0.29, 0.717) is 13.0 Å². The van der Waals surface area contributed by atoms with Crippen molar-refractivity contribution in [1.82, 2.24) is 21.4 Å². The number of esters is 1. The summed E-state index contributed by atoms with van der Waals surface area (Å²) in [6, 6.07) is 6.03. The molecule has 2 fully saturated rings. The van der Waals surface area contributed by atoms with Gasteiger partial charge in [-0.2, -0.15) is 5.48 Å². The van der Waals surface area contributed by atoms with E-state index >= 15 is 0 Å². The van der Waals surface area contributed by atoms with Crippen LogP contribution < -0.4 is 21.4 Å². The van der Waals surface area contributed by atoms with Crippen LogP contribution in [0.2, 0.25) is 0 Å². The molecule has 0 saturated carbocycles. The van der Waals surface area contributed by atoms with Gasteiger partial charge in [0, 0.05) is 11.5 Å². The molecule has 4 N–H and O–H groups in total. The van der Waals surface area contributed by atoms with Crippen LogP contribution in [0.15, 0.2) is 18.2 Å². The monoisotopic (exact) mass is 472 g/mol. The fourth-order valence-corrected chi connectivity index (χ4v) is 5.69. The van der Waals surface area contributed by atoms with Crippen molar-refractivity contribution in [2.45, 2.75) is 103 Å². The van der Waals surface area contributed by atoms with E-state index in [0.717, 1.165) is 44.1 Å². The molecule has 8 heteroatoms. The molecule has 5 atom stereocenters. The van der Waals surface area contributed by atoms with E-state index in [2.05, 4.69) is 60.4 Å². The van der Waals surface area contributed by atoms with Crippen LogP contribution >= 0.6 is 0 Å². The van der Waals surface area contributed by atoms with Gasteiger partial charge in [0.15, 0.2) is 0 Å². The first kappa shape index (κ1) is 25.1. The maximum atomic E-state index is 13.4. The first-order chi connectivity index (χ1) is 16.4. The number of fused-ring (bicyclic) bond motifs is 1. The molecule has 4 rings (SSSR count). The number of hydroxylamine groups is 1. The van der Waals surface area contributed by atoms with Crippen LogP contribution in [0, 0.1) is 5.92 Å². The fraction of sp³-hybridized carbons (Fsp3) is 0.692. The number of aryl methyl sites for hydroxylation is 1. The van der Waals surface area contributed by atoms with Crippen molar-refractivity contribution in [3.05, 3.63) is 34.9 Å². The molecule has 2 aliphatic heterocycles.